The van der Waals surface area contributed by atoms with Gasteiger partial charge in [0, 0.05) is 43.4 Å². The van der Waals surface area contributed by atoms with E-state index in [1.807, 2.05) is 36.5 Å². The van der Waals surface area contributed by atoms with Crippen molar-refractivity contribution in [1.82, 2.24) is 9.97 Å². The highest BCUT2D eigenvalue weighted by Gasteiger charge is 2.26. The van der Waals surface area contributed by atoms with Gasteiger partial charge < -0.3 is 0 Å². The molecule has 5 rings (SSSR count). The summed E-state index contributed by atoms with van der Waals surface area (Å²) in [5.41, 5.74) is 1.66. The first-order chi connectivity index (χ1) is 12.2. The van der Waals surface area contributed by atoms with E-state index in [0.29, 0.717) is 10.9 Å². The Morgan fingerprint density at radius 1 is 0.840 bits per heavy atom. The van der Waals surface area contributed by atoms with Crippen molar-refractivity contribution in [3.63, 3.8) is 0 Å². The standard InChI is InChI=1S/C18H9N3O2S2/c22-21(23)13-7-3-6-12-16(13)18-15(9-20-12)24-14-8-19-11-5-2-1-4-10(11)17(14)25-18/h1-9H. The lowest BCUT2D eigenvalue weighted by atomic mass is 10.2. The molecule has 0 aliphatic carbocycles. The van der Waals surface area contributed by atoms with Gasteiger partial charge in [-0.25, -0.2) is 0 Å². The molecule has 120 valence electrons. The van der Waals surface area contributed by atoms with Crippen molar-refractivity contribution in [1.29, 1.82) is 0 Å². The van der Waals surface area contributed by atoms with Crippen LogP contribution in [0.3, 0.4) is 0 Å². The summed E-state index contributed by atoms with van der Waals surface area (Å²) in [7, 11) is 0. The average Bonchev–Trinajstić information content (AvgIpc) is 2.65. The first-order valence-corrected chi connectivity index (χ1v) is 9.15. The lowest BCUT2D eigenvalue weighted by molar-refractivity contribution is -0.383. The zero-order valence-corrected chi connectivity index (χ0v) is 14.3. The molecule has 0 spiro atoms. The summed E-state index contributed by atoms with van der Waals surface area (Å²) in [4.78, 5) is 24.1. The van der Waals surface area contributed by atoms with Crippen LogP contribution in [0.25, 0.3) is 21.8 Å². The van der Waals surface area contributed by atoms with Crippen LogP contribution in [-0.4, -0.2) is 14.9 Å². The number of fused-ring (bicyclic) bond motifs is 6. The monoisotopic (exact) mass is 363 g/mol. The molecule has 2 aromatic carbocycles. The van der Waals surface area contributed by atoms with Crippen LogP contribution in [0.15, 0.2) is 74.4 Å². The zero-order valence-electron chi connectivity index (χ0n) is 12.7. The Labute approximate surface area is 150 Å². The first kappa shape index (κ1) is 14.7. The van der Waals surface area contributed by atoms with Gasteiger partial charge in [-0.1, -0.05) is 47.8 Å². The molecule has 3 heterocycles. The summed E-state index contributed by atoms with van der Waals surface area (Å²) in [6.45, 7) is 0. The first-order valence-electron chi connectivity index (χ1n) is 7.52. The quantitative estimate of drug-likeness (QED) is 0.297. The van der Waals surface area contributed by atoms with Crippen molar-refractivity contribution in [2.75, 3.05) is 0 Å². The van der Waals surface area contributed by atoms with Gasteiger partial charge in [-0.2, -0.15) is 0 Å². The topological polar surface area (TPSA) is 68.9 Å². The van der Waals surface area contributed by atoms with Crippen LogP contribution in [0, 0.1) is 10.1 Å². The molecule has 1 aliphatic rings. The van der Waals surface area contributed by atoms with E-state index in [2.05, 4.69) is 9.97 Å². The predicted octanol–water partition coefficient (Wildman–Crippen LogP) is 5.31. The molecule has 0 unspecified atom stereocenters. The van der Waals surface area contributed by atoms with Crippen molar-refractivity contribution in [3.8, 4) is 0 Å². The number of aromatic nitrogens is 2. The van der Waals surface area contributed by atoms with E-state index in [-0.39, 0.29) is 10.6 Å². The van der Waals surface area contributed by atoms with E-state index in [9.17, 15) is 10.1 Å². The molecule has 0 atom stereocenters. The minimum atomic E-state index is -0.338. The number of nitro groups is 1. The van der Waals surface area contributed by atoms with Crippen LogP contribution in [0.5, 0.6) is 0 Å². The van der Waals surface area contributed by atoms with E-state index < -0.39 is 0 Å². The number of nitrogens with zero attached hydrogens (tertiary/aromatic N) is 3. The molecular formula is C18H9N3O2S2. The maximum atomic E-state index is 11.5. The van der Waals surface area contributed by atoms with Gasteiger partial charge in [0.15, 0.2) is 0 Å². The van der Waals surface area contributed by atoms with Crippen LogP contribution in [-0.2, 0) is 0 Å². The highest BCUT2D eigenvalue weighted by Crippen LogP contribution is 2.53. The van der Waals surface area contributed by atoms with Crippen molar-refractivity contribution in [3.05, 3.63) is 65.0 Å². The second-order valence-electron chi connectivity index (χ2n) is 5.55. The van der Waals surface area contributed by atoms with Gasteiger partial charge in [-0.3, -0.25) is 20.1 Å². The lowest BCUT2D eigenvalue weighted by Crippen LogP contribution is -1.97. The third kappa shape index (κ3) is 2.20. The number of para-hydroxylation sites is 1. The third-order valence-electron chi connectivity index (χ3n) is 4.11. The minimum Gasteiger partial charge on any atom is -0.258 e. The summed E-state index contributed by atoms with van der Waals surface area (Å²) in [6.07, 6.45) is 3.65. The van der Waals surface area contributed by atoms with Gasteiger partial charge in [-0.05, 0) is 12.1 Å². The van der Waals surface area contributed by atoms with Crippen LogP contribution >= 0.6 is 23.5 Å². The number of pyridine rings is 2. The van der Waals surface area contributed by atoms with Gasteiger partial charge in [0.2, 0.25) is 0 Å². The van der Waals surface area contributed by atoms with Gasteiger partial charge in [-0.15, -0.1) is 0 Å². The van der Waals surface area contributed by atoms with Gasteiger partial charge in [0.1, 0.15) is 0 Å². The SMILES string of the molecule is O=[N+]([O-])c1cccc2ncc3c(c12)Sc1c(cnc2ccccc12)S3. The van der Waals surface area contributed by atoms with E-state index >= 15 is 0 Å². The maximum absolute atomic E-state index is 11.5. The fourth-order valence-electron chi connectivity index (χ4n) is 3.00. The highest BCUT2D eigenvalue weighted by molar-refractivity contribution is 8.05. The van der Waals surface area contributed by atoms with Crippen LogP contribution in [0.4, 0.5) is 5.69 Å². The maximum Gasteiger partial charge on any atom is 0.279 e. The molecule has 5 nitrogen and oxygen atoms in total. The normalized spacial score (nSPS) is 12.8. The molecule has 25 heavy (non-hydrogen) atoms. The van der Waals surface area contributed by atoms with Crippen molar-refractivity contribution in [2.24, 2.45) is 0 Å². The van der Waals surface area contributed by atoms with Crippen molar-refractivity contribution >= 4 is 51.0 Å². The smallest absolute Gasteiger partial charge is 0.258 e. The Bertz CT molecular complexity index is 1190. The molecule has 0 radical (unpaired) electrons. The lowest BCUT2D eigenvalue weighted by Gasteiger charge is -2.20. The Balaban J connectivity index is 1.82. The fourth-order valence-corrected chi connectivity index (χ4v) is 5.45. The molecule has 1 aliphatic heterocycles. The fraction of sp³-hybridized carbons (Fsp3) is 0. The number of rotatable bonds is 1. The summed E-state index contributed by atoms with van der Waals surface area (Å²) in [5, 5.41) is 13.2. The van der Waals surface area contributed by atoms with Crippen LogP contribution in [0.2, 0.25) is 0 Å². The third-order valence-corrected chi connectivity index (χ3v) is 6.70. The largest absolute Gasteiger partial charge is 0.279 e. The molecule has 7 heteroatoms. The van der Waals surface area contributed by atoms with E-state index in [1.165, 1.54) is 6.07 Å². The molecule has 0 bridgehead atoms. The van der Waals surface area contributed by atoms with Gasteiger partial charge in [0.25, 0.3) is 5.69 Å². The number of non-ortho nitro benzene ring substituents is 1. The molecule has 0 saturated heterocycles. The van der Waals surface area contributed by atoms with E-state index in [0.717, 1.165) is 30.5 Å². The molecule has 0 amide bonds. The van der Waals surface area contributed by atoms with Crippen molar-refractivity contribution < 1.29 is 4.92 Å². The Morgan fingerprint density at radius 2 is 1.56 bits per heavy atom. The molecule has 2 aromatic heterocycles. The van der Waals surface area contributed by atoms with Crippen LogP contribution < -0.4 is 0 Å². The highest BCUT2D eigenvalue weighted by atomic mass is 32.2. The van der Waals surface area contributed by atoms with Crippen molar-refractivity contribution in [2.45, 2.75) is 19.6 Å². The number of benzene rings is 2. The zero-order chi connectivity index (χ0) is 17.0. The number of hydrogen-bond donors (Lipinski definition) is 0. The molecule has 4 aromatic rings. The second kappa shape index (κ2) is 5.44. The Morgan fingerprint density at radius 3 is 2.40 bits per heavy atom. The average molecular weight is 363 g/mol. The molecular weight excluding hydrogens is 354 g/mol. The van der Waals surface area contributed by atoms with Gasteiger partial charge >= 0.3 is 0 Å². The summed E-state index contributed by atoms with van der Waals surface area (Å²) in [5.74, 6) is 0. The predicted molar refractivity (Wildman–Crippen MR) is 98.4 cm³/mol. The summed E-state index contributed by atoms with van der Waals surface area (Å²) < 4.78 is 0. The van der Waals surface area contributed by atoms with E-state index in [4.69, 9.17) is 0 Å². The summed E-state index contributed by atoms with van der Waals surface area (Å²) in [6, 6.07) is 13.0. The second-order valence-corrected chi connectivity index (χ2v) is 7.66. The molecule has 0 fully saturated rings. The number of nitro benzene ring substituents is 1. The molecule has 0 N–H and O–H groups in total. The Kier molecular flexibility index (Phi) is 3.19. The van der Waals surface area contributed by atoms with Crippen LogP contribution in [0.1, 0.15) is 0 Å². The number of hydrogen-bond acceptors (Lipinski definition) is 6. The van der Waals surface area contributed by atoms with E-state index in [1.54, 1.807) is 35.8 Å². The molecule has 0 saturated carbocycles. The van der Waals surface area contributed by atoms with Gasteiger partial charge in [0.05, 0.1) is 21.3 Å². The Hall–Kier alpha value is -2.64. The minimum absolute atomic E-state index is 0.0942. The summed E-state index contributed by atoms with van der Waals surface area (Å²) >= 11 is 3.13.